The van der Waals surface area contributed by atoms with Crippen LogP contribution in [-0.2, 0) is 22.2 Å². The first-order valence-corrected chi connectivity index (χ1v) is 14.8. The van der Waals surface area contributed by atoms with E-state index in [0.717, 1.165) is 61.1 Å². The minimum atomic E-state index is -4.43. The number of rotatable bonds is 16. The molecule has 0 atom stereocenters. The van der Waals surface area contributed by atoms with Gasteiger partial charge in [0, 0.05) is 31.5 Å². The van der Waals surface area contributed by atoms with Gasteiger partial charge in [-0.2, -0.15) is 13.2 Å². The largest absolute Gasteiger partial charge is 0.493 e. The van der Waals surface area contributed by atoms with Gasteiger partial charge in [0.25, 0.3) is 0 Å². The number of benzene rings is 2. The standard InChI is InChI=1S/C30H37F3N4O4S/c1-4-5-6-7-8-9-27(39)37(18-16-21-10-15-24(40-2)25(20-21)41-3)19-17-26(38)34-29-36-35-28(42-29)22-11-13-23(14-12-22)30(31,32)33/h10-15,20H,4-9,16-19H2,1-3H3,(H,34,36,38). The first kappa shape index (κ1) is 32.8. The maximum atomic E-state index is 13.1. The van der Waals surface area contributed by atoms with Crippen molar-refractivity contribution in [3.63, 3.8) is 0 Å². The molecule has 0 aliphatic carbocycles. The van der Waals surface area contributed by atoms with Crippen LogP contribution < -0.4 is 14.8 Å². The van der Waals surface area contributed by atoms with E-state index < -0.39 is 11.7 Å². The van der Waals surface area contributed by atoms with Crippen LogP contribution in [0.5, 0.6) is 11.5 Å². The van der Waals surface area contributed by atoms with Crippen molar-refractivity contribution in [2.24, 2.45) is 0 Å². The fraction of sp³-hybridized carbons (Fsp3) is 0.467. The third kappa shape index (κ3) is 10.0. The Bertz CT molecular complexity index is 1300. The number of amides is 2. The number of halogens is 3. The maximum absolute atomic E-state index is 13.1. The molecule has 0 bridgehead atoms. The number of alkyl halides is 3. The van der Waals surface area contributed by atoms with E-state index >= 15 is 0 Å². The molecule has 0 unspecified atom stereocenters. The Labute approximate surface area is 248 Å². The Morgan fingerprint density at radius 1 is 0.905 bits per heavy atom. The maximum Gasteiger partial charge on any atom is 0.416 e. The fourth-order valence-electron chi connectivity index (χ4n) is 4.31. The number of unbranched alkanes of at least 4 members (excludes halogenated alkanes) is 4. The second-order valence-electron chi connectivity index (χ2n) is 9.77. The van der Waals surface area contributed by atoms with Crippen molar-refractivity contribution in [3.8, 4) is 22.1 Å². The van der Waals surface area contributed by atoms with E-state index in [9.17, 15) is 22.8 Å². The van der Waals surface area contributed by atoms with Crippen LogP contribution in [0.1, 0.15) is 63.0 Å². The molecular formula is C30H37F3N4O4S. The van der Waals surface area contributed by atoms with E-state index in [1.54, 1.807) is 19.1 Å². The minimum Gasteiger partial charge on any atom is -0.493 e. The molecule has 1 aromatic heterocycles. The highest BCUT2D eigenvalue weighted by Gasteiger charge is 2.30. The summed E-state index contributed by atoms with van der Waals surface area (Å²) in [7, 11) is 3.14. The topological polar surface area (TPSA) is 93.7 Å². The average Bonchev–Trinajstić information content (AvgIpc) is 3.44. The lowest BCUT2D eigenvalue weighted by Crippen LogP contribution is -2.35. The molecule has 12 heteroatoms. The zero-order chi connectivity index (χ0) is 30.5. The van der Waals surface area contributed by atoms with E-state index in [4.69, 9.17) is 9.47 Å². The van der Waals surface area contributed by atoms with Crippen molar-refractivity contribution >= 4 is 28.3 Å². The van der Waals surface area contributed by atoms with Gasteiger partial charge in [-0.05, 0) is 42.7 Å². The first-order chi connectivity index (χ1) is 20.1. The van der Waals surface area contributed by atoms with E-state index in [-0.39, 0.29) is 29.9 Å². The van der Waals surface area contributed by atoms with Crippen molar-refractivity contribution in [2.45, 2.75) is 64.5 Å². The predicted molar refractivity (Wildman–Crippen MR) is 157 cm³/mol. The Kier molecular flexibility index (Phi) is 12.6. The van der Waals surface area contributed by atoms with E-state index in [0.29, 0.717) is 41.5 Å². The lowest BCUT2D eigenvalue weighted by Gasteiger charge is -2.23. The summed E-state index contributed by atoms with van der Waals surface area (Å²) in [4.78, 5) is 27.5. The molecule has 3 aromatic rings. The summed E-state index contributed by atoms with van der Waals surface area (Å²) in [6.45, 7) is 2.81. The third-order valence-corrected chi connectivity index (χ3v) is 7.59. The number of anilines is 1. The number of ether oxygens (including phenoxy) is 2. The van der Waals surface area contributed by atoms with Crippen LogP contribution in [0.25, 0.3) is 10.6 Å². The van der Waals surface area contributed by atoms with Crippen molar-refractivity contribution in [3.05, 3.63) is 53.6 Å². The molecule has 1 N–H and O–H groups in total. The quantitative estimate of drug-likeness (QED) is 0.177. The summed E-state index contributed by atoms with van der Waals surface area (Å²) in [6, 6.07) is 10.2. The molecule has 0 saturated carbocycles. The number of hydrogen-bond donors (Lipinski definition) is 1. The number of hydrogen-bond acceptors (Lipinski definition) is 7. The molecule has 228 valence electrons. The number of carbonyl (C=O) groups is 2. The summed E-state index contributed by atoms with van der Waals surface area (Å²) < 4.78 is 49.2. The van der Waals surface area contributed by atoms with Gasteiger partial charge in [-0.1, -0.05) is 62.1 Å². The van der Waals surface area contributed by atoms with Crippen LogP contribution in [0.2, 0.25) is 0 Å². The second kappa shape index (κ2) is 16.1. The Morgan fingerprint density at radius 3 is 2.29 bits per heavy atom. The molecule has 42 heavy (non-hydrogen) atoms. The van der Waals surface area contributed by atoms with Crippen molar-refractivity contribution in [1.29, 1.82) is 0 Å². The average molecular weight is 607 g/mol. The molecule has 2 aromatic carbocycles. The van der Waals surface area contributed by atoms with Crippen LogP contribution in [0.3, 0.4) is 0 Å². The van der Waals surface area contributed by atoms with E-state index in [2.05, 4.69) is 22.4 Å². The Hall–Kier alpha value is -3.67. The molecule has 0 radical (unpaired) electrons. The van der Waals surface area contributed by atoms with Crippen LogP contribution in [0, 0.1) is 0 Å². The monoisotopic (exact) mass is 606 g/mol. The number of nitrogens with one attached hydrogen (secondary N) is 1. The SMILES string of the molecule is CCCCCCCC(=O)N(CCC(=O)Nc1nnc(-c2ccc(C(F)(F)F)cc2)s1)CCc1ccc(OC)c(OC)c1. The van der Waals surface area contributed by atoms with Gasteiger partial charge in [-0.3, -0.25) is 9.59 Å². The zero-order valence-electron chi connectivity index (χ0n) is 24.1. The van der Waals surface area contributed by atoms with Crippen LogP contribution in [0.15, 0.2) is 42.5 Å². The molecule has 0 fully saturated rings. The van der Waals surface area contributed by atoms with Gasteiger partial charge in [-0.15, -0.1) is 10.2 Å². The highest BCUT2D eigenvalue weighted by molar-refractivity contribution is 7.18. The number of carbonyl (C=O) groups excluding carboxylic acids is 2. The lowest BCUT2D eigenvalue weighted by atomic mass is 10.1. The van der Waals surface area contributed by atoms with Crippen molar-refractivity contribution in [1.82, 2.24) is 15.1 Å². The van der Waals surface area contributed by atoms with Gasteiger partial charge in [0.05, 0.1) is 19.8 Å². The van der Waals surface area contributed by atoms with Crippen LogP contribution >= 0.6 is 11.3 Å². The summed E-state index contributed by atoms with van der Waals surface area (Å²) in [5.74, 6) is 0.893. The van der Waals surface area contributed by atoms with Gasteiger partial charge in [-0.25, -0.2) is 0 Å². The molecule has 3 rings (SSSR count). The van der Waals surface area contributed by atoms with Crippen LogP contribution in [-0.4, -0.2) is 54.2 Å². The van der Waals surface area contributed by atoms with Gasteiger partial charge >= 0.3 is 6.18 Å². The highest BCUT2D eigenvalue weighted by Crippen LogP contribution is 2.32. The lowest BCUT2D eigenvalue weighted by molar-refractivity contribution is -0.137. The normalized spacial score (nSPS) is 11.3. The molecule has 0 saturated heterocycles. The smallest absolute Gasteiger partial charge is 0.416 e. The number of nitrogens with zero attached hydrogens (tertiary/aromatic N) is 3. The molecule has 8 nitrogen and oxygen atoms in total. The minimum absolute atomic E-state index is 0.000260. The molecular weight excluding hydrogens is 569 g/mol. The molecule has 0 spiro atoms. The van der Waals surface area contributed by atoms with E-state index in [1.165, 1.54) is 12.1 Å². The number of aromatic nitrogens is 2. The first-order valence-electron chi connectivity index (χ1n) is 13.9. The molecule has 0 aliphatic rings. The van der Waals surface area contributed by atoms with Gasteiger partial charge in [0.15, 0.2) is 11.5 Å². The highest BCUT2D eigenvalue weighted by atomic mass is 32.1. The predicted octanol–water partition coefficient (Wildman–Crippen LogP) is 7.00. The van der Waals surface area contributed by atoms with E-state index in [1.807, 2.05) is 18.2 Å². The van der Waals surface area contributed by atoms with Gasteiger partial charge in [0.2, 0.25) is 16.9 Å². The Balaban J connectivity index is 1.59. The summed E-state index contributed by atoms with van der Waals surface area (Å²) in [5.41, 5.74) is 0.685. The molecule has 0 aliphatic heterocycles. The van der Waals surface area contributed by atoms with Gasteiger partial charge in [0.1, 0.15) is 5.01 Å². The second-order valence-corrected chi connectivity index (χ2v) is 10.7. The van der Waals surface area contributed by atoms with Crippen molar-refractivity contribution in [2.75, 3.05) is 32.6 Å². The van der Waals surface area contributed by atoms with Crippen LogP contribution in [0.4, 0.5) is 18.3 Å². The molecule has 2 amide bonds. The van der Waals surface area contributed by atoms with Gasteiger partial charge < -0.3 is 19.7 Å². The molecule has 1 heterocycles. The van der Waals surface area contributed by atoms with Crippen molar-refractivity contribution < 1.29 is 32.2 Å². The summed E-state index contributed by atoms with van der Waals surface area (Å²) >= 11 is 1.06. The fourth-order valence-corrected chi connectivity index (χ4v) is 5.07. The summed E-state index contributed by atoms with van der Waals surface area (Å²) in [6.07, 6.45) is 1.78. The Morgan fingerprint density at radius 2 is 1.62 bits per heavy atom. The third-order valence-electron chi connectivity index (χ3n) is 6.70. The number of methoxy groups -OCH3 is 2. The zero-order valence-corrected chi connectivity index (χ0v) is 24.9. The summed E-state index contributed by atoms with van der Waals surface area (Å²) in [5, 5.41) is 11.2.